The molecule has 1 aromatic heterocycles. The van der Waals surface area contributed by atoms with Gasteiger partial charge in [-0.05, 0) is 13.3 Å². The Morgan fingerprint density at radius 2 is 2.40 bits per heavy atom. The van der Waals surface area contributed by atoms with Crippen LogP contribution in [-0.2, 0) is 6.42 Å². The van der Waals surface area contributed by atoms with Gasteiger partial charge in [0.05, 0.1) is 0 Å². The average Bonchev–Trinajstić information content (AvgIpc) is 2.31. The largest absolute Gasteiger partial charge is 0.445 e. The van der Waals surface area contributed by atoms with Gasteiger partial charge in [0.1, 0.15) is 12.0 Å². The molecule has 0 spiro atoms. The van der Waals surface area contributed by atoms with E-state index in [9.17, 15) is 0 Å². The number of aryl methyl sites for hydroxylation is 2. The van der Waals surface area contributed by atoms with Crippen molar-refractivity contribution in [2.75, 3.05) is 0 Å². The molecule has 0 aromatic carbocycles. The molecule has 0 saturated heterocycles. The smallest absolute Gasteiger partial charge is 0.195 e. The third kappa shape index (κ3) is 1.87. The summed E-state index contributed by atoms with van der Waals surface area (Å²) in [5, 5.41) is 0. The molecule has 0 aliphatic rings. The molecule has 0 aliphatic carbocycles. The van der Waals surface area contributed by atoms with Gasteiger partial charge in [-0.15, -0.1) is 0 Å². The molecule has 1 aromatic rings. The predicted molar refractivity (Wildman–Crippen MR) is 38.7 cm³/mol. The van der Waals surface area contributed by atoms with Gasteiger partial charge in [-0.2, -0.15) is 0 Å². The van der Waals surface area contributed by atoms with Crippen molar-refractivity contribution in [2.45, 2.75) is 33.1 Å². The highest BCUT2D eigenvalue weighted by molar-refractivity contribution is 4.88. The lowest BCUT2D eigenvalue weighted by atomic mass is 10.2. The fraction of sp³-hybridized carbons (Fsp3) is 0.625. The van der Waals surface area contributed by atoms with E-state index in [0.717, 1.165) is 24.5 Å². The molecule has 1 radical (unpaired) electrons. The van der Waals surface area contributed by atoms with Crippen LogP contribution in [0, 0.1) is 13.1 Å². The molecule has 0 amide bonds. The third-order valence-electron chi connectivity index (χ3n) is 1.35. The van der Waals surface area contributed by atoms with Crippen molar-refractivity contribution >= 4 is 0 Å². The standard InChI is InChI=1S/C8H12NO/c1-3-4-5-8-9-6-7(2)10-8/h3-5H2,1-2H3. The number of rotatable bonds is 3. The summed E-state index contributed by atoms with van der Waals surface area (Å²) in [4.78, 5) is 3.96. The van der Waals surface area contributed by atoms with Gasteiger partial charge in [0.15, 0.2) is 5.89 Å². The lowest BCUT2D eigenvalue weighted by Gasteiger charge is -1.89. The number of oxazole rings is 1. The highest BCUT2D eigenvalue weighted by atomic mass is 16.3. The first-order valence-electron chi connectivity index (χ1n) is 3.67. The summed E-state index contributed by atoms with van der Waals surface area (Å²) in [5.41, 5.74) is 0. The summed E-state index contributed by atoms with van der Waals surface area (Å²) in [7, 11) is 0. The van der Waals surface area contributed by atoms with E-state index in [4.69, 9.17) is 4.42 Å². The van der Waals surface area contributed by atoms with E-state index >= 15 is 0 Å². The zero-order chi connectivity index (χ0) is 7.40. The van der Waals surface area contributed by atoms with E-state index < -0.39 is 0 Å². The summed E-state index contributed by atoms with van der Waals surface area (Å²) in [5.74, 6) is 1.60. The summed E-state index contributed by atoms with van der Waals surface area (Å²) < 4.78 is 5.22. The van der Waals surface area contributed by atoms with E-state index in [-0.39, 0.29) is 0 Å². The van der Waals surface area contributed by atoms with Crippen LogP contribution in [-0.4, -0.2) is 4.98 Å². The molecule has 0 unspecified atom stereocenters. The molecule has 2 heteroatoms. The zero-order valence-electron chi connectivity index (χ0n) is 6.48. The monoisotopic (exact) mass is 138 g/mol. The van der Waals surface area contributed by atoms with Gasteiger partial charge in [-0.1, -0.05) is 13.3 Å². The van der Waals surface area contributed by atoms with E-state index in [1.165, 1.54) is 6.42 Å². The first kappa shape index (κ1) is 7.32. The molecule has 2 nitrogen and oxygen atoms in total. The number of unbranched alkanes of at least 4 members (excludes halogenated alkanes) is 1. The first-order valence-corrected chi connectivity index (χ1v) is 3.67. The summed E-state index contributed by atoms with van der Waals surface area (Å²) in [6.07, 6.45) is 6.03. The molecule has 55 valence electrons. The summed E-state index contributed by atoms with van der Waals surface area (Å²) >= 11 is 0. The van der Waals surface area contributed by atoms with Crippen molar-refractivity contribution in [1.29, 1.82) is 0 Å². The van der Waals surface area contributed by atoms with Gasteiger partial charge in [0, 0.05) is 6.42 Å². The van der Waals surface area contributed by atoms with Gasteiger partial charge < -0.3 is 4.42 Å². The van der Waals surface area contributed by atoms with Crippen LogP contribution in [0.3, 0.4) is 0 Å². The molecule has 0 saturated carbocycles. The average molecular weight is 138 g/mol. The second-order valence-electron chi connectivity index (χ2n) is 2.38. The number of aromatic nitrogens is 1. The molecule has 10 heavy (non-hydrogen) atoms. The molecule has 1 rings (SSSR count). The maximum Gasteiger partial charge on any atom is 0.195 e. The molecular weight excluding hydrogens is 126 g/mol. The minimum Gasteiger partial charge on any atom is -0.445 e. The predicted octanol–water partition coefficient (Wildman–Crippen LogP) is 2.13. The van der Waals surface area contributed by atoms with Crippen LogP contribution in [0.1, 0.15) is 31.4 Å². The molecule has 0 bridgehead atoms. The van der Waals surface area contributed by atoms with Crippen LogP contribution in [0.2, 0.25) is 0 Å². The van der Waals surface area contributed by atoms with Crippen molar-refractivity contribution < 1.29 is 4.42 Å². The van der Waals surface area contributed by atoms with Crippen LogP contribution < -0.4 is 0 Å². The SMILES string of the molecule is CCCCc1n[c]c(C)o1. The minimum atomic E-state index is 0.783. The Bertz CT molecular complexity index is 193. The van der Waals surface area contributed by atoms with Crippen molar-refractivity contribution in [1.82, 2.24) is 4.98 Å². The van der Waals surface area contributed by atoms with E-state index in [0.29, 0.717) is 0 Å². The maximum atomic E-state index is 5.22. The fourth-order valence-electron chi connectivity index (χ4n) is 0.798. The van der Waals surface area contributed by atoms with Crippen LogP contribution in [0.5, 0.6) is 0 Å². The second kappa shape index (κ2) is 3.40. The minimum absolute atomic E-state index is 0.783. The number of hydrogen-bond acceptors (Lipinski definition) is 2. The van der Waals surface area contributed by atoms with Crippen LogP contribution in [0.25, 0.3) is 0 Å². The highest BCUT2D eigenvalue weighted by Crippen LogP contribution is 2.04. The van der Waals surface area contributed by atoms with Crippen molar-refractivity contribution in [2.24, 2.45) is 0 Å². The molecule has 0 N–H and O–H groups in total. The summed E-state index contributed by atoms with van der Waals surface area (Å²) in [6, 6.07) is 0. The Morgan fingerprint density at radius 1 is 1.60 bits per heavy atom. The normalized spacial score (nSPS) is 10.2. The first-order chi connectivity index (χ1) is 4.83. The lowest BCUT2D eigenvalue weighted by Crippen LogP contribution is -1.82. The molecule has 0 fully saturated rings. The Morgan fingerprint density at radius 3 is 2.90 bits per heavy atom. The fourth-order valence-corrected chi connectivity index (χ4v) is 0.798. The van der Waals surface area contributed by atoms with Gasteiger partial charge in [-0.3, -0.25) is 0 Å². The van der Waals surface area contributed by atoms with E-state index in [1.807, 2.05) is 6.92 Å². The second-order valence-corrected chi connectivity index (χ2v) is 2.38. The van der Waals surface area contributed by atoms with Crippen LogP contribution in [0.15, 0.2) is 4.42 Å². The Labute approximate surface area is 61.3 Å². The van der Waals surface area contributed by atoms with Crippen LogP contribution >= 0.6 is 0 Å². The zero-order valence-corrected chi connectivity index (χ0v) is 6.48. The number of nitrogens with zero attached hydrogens (tertiary/aromatic N) is 1. The maximum absolute atomic E-state index is 5.22. The van der Waals surface area contributed by atoms with Crippen molar-refractivity contribution in [3.8, 4) is 0 Å². The molecular formula is C8H12NO. The van der Waals surface area contributed by atoms with E-state index in [2.05, 4.69) is 18.1 Å². The summed E-state index contributed by atoms with van der Waals surface area (Å²) in [6.45, 7) is 4.02. The lowest BCUT2D eigenvalue weighted by molar-refractivity contribution is 0.464. The topological polar surface area (TPSA) is 26.0 Å². The van der Waals surface area contributed by atoms with Gasteiger partial charge >= 0.3 is 0 Å². The number of hydrogen-bond donors (Lipinski definition) is 0. The van der Waals surface area contributed by atoms with Gasteiger partial charge in [-0.25, -0.2) is 4.98 Å². The molecule has 0 atom stereocenters. The molecule has 1 heterocycles. The third-order valence-corrected chi connectivity index (χ3v) is 1.35. The van der Waals surface area contributed by atoms with Crippen molar-refractivity contribution in [3.05, 3.63) is 17.8 Å². The Balaban J connectivity index is 2.42. The quantitative estimate of drug-likeness (QED) is 0.639. The van der Waals surface area contributed by atoms with Gasteiger partial charge in [0.2, 0.25) is 0 Å². The Hall–Kier alpha value is -0.790. The van der Waals surface area contributed by atoms with Crippen molar-refractivity contribution in [3.63, 3.8) is 0 Å². The Kier molecular flexibility index (Phi) is 2.49. The van der Waals surface area contributed by atoms with Crippen LogP contribution in [0.4, 0.5) is 0 Å². The van der Waals surface area contributed by atoms with Gasteiger partial charge in [0.25, 0.3) is 0 Å². The van der Waals surface area contributed by atoms with E-state index in [1.54, 1.807) is 0 Å². The molecule has 0 aliphatic heterocycles. The highest BCUT2D eigenvalue weighted by Gasteiger charge is 1.98.